The van der Waals surface area contributed by atoms with Gasteiger partial charge in [-0.25, -0.2) is 10.4 Å². The molecule has 5 rings (SSSR count). The van der Waals surface area contributed by atoms with Crippen LogP contribution in [-0.2, 0) is 4.79 Å². The Morgan fingerprint density at radius 1 is 1.21 bits per heavy atom. The summed E-state index contributed by atoms with van der Waals surface area (Å²) in [5.74, 6) is 1.23. The fourth-order valence-corrected chi connectivity index (χ4v) is 5.67. The summed E-state index contributed by atoms with van der Waals surface area (Å²) in [5, 5.41) is 2.64. The van der Waals surface area contributed by atoms with Gasteiger partial charge in [-0.1, -0.05) is 23.7 Å². The van der Waals surface area contributed by atoms with Crippen LogP contribution < -0.4 is 21.0 Å². The van der Waals surface area contributed by atoms with E-state index in [0.717, 1.165) is 44.3 Å². The highest BCUT2D eigenvalue weighted by Crippen LogP contribution is 2.40. The molecule has 1 amide bonds. The highest BCUT2D eigenvalue weighted by Gasteiger charge is 2.43. The smallest absolute Gasteiger partial charge is 0.237 e. The van der Waals surface area contributed by atoms with E-state index in [2.05, 4.69) is 33.4 Å². The fraction of sp³-hybridized carbons (Fsp3) is 0.520. The van der Waals surface area contributed by atoms with Crippen LogP contribution in [0.25, 0.3) is 0 Å². The molecule has 8 heteroatoms. The first kappa shape index (κ1) is 22.6. The van der Waals surface area contributed by atoms with Gasteiger partial charge in [-0.15, -0.1) is 0 Å². The van der Waals surface area contributed by atoms with Gasteiger partial charge in [-0.3, -0.25) is 20.6 Å². The highest BCUT2D eigenvalue weighted by molar-refractivity contribution is 6.32. The Morgan fingerprint density at radius 3 is 2.94 bits per heavy atom. The topological polar surface area (TPSA) is 78.5 Å². The molecule has 2 aliphatic heterocycles. The van der Waals surface area contributed by atoms with Crippen LogP contribution in [0.15, 0.2) is 42.6 Å². The number of aromatic nitrogens is 1. The molecule has 5 atom stereocenters. The molecule has 3 aliphatic rings. The van der Waals surface area contributed by atoms with Gasteiger partial charge < -0.3 is 4.74 Å². The summed E-state index contributed by atoms with van der Waals surface area (Å²) in [5.41, 5.74) is 12.4. The molecule has 2 aromatic rings. The Balaban J connectivity index is 1.18. The maximum Gasteiger partial charge on any atom is 0.237 e. The van der Waals surface area contributed by atoms with Crippen molar-refractivity contribution in [3.8, 4) is 5.75 Å². The van der Waals surface area contributed by atoms with E-state index in [0.29, 0.717) is 29.3 Å². The van der Waals surface area contributed by atoms with Gasteiger partial charge in [-0.2, -0.15) is 0 Å². The first-order valence-corrected chi connectivity index (χ1v) is 12.3. The van der Waals surface area contributed by atoms with Crippen molar-refractivity contribution in [2.75, 3.05) is 13.1 Å². The van der Waals surface area contributed by atoms with Gasteiger partial charge >= 0.3 is 0 Å². The highest BCUT2D eigenvalue weighted by atomic mass is 35.5. The Bertz CT molecular complexity index is 989. The zero-order valence-electron chi connectivity index (χ0n) is 19.0. The number of fused-ring (bicyclic) bond motifs is 1. The van der Waals surface area contributed by atoms with Crippen molar-refractivity contribution in [1.82, 2.24) is 26.3 Å². The molecule has 1 aromatic heterocycles. The molecule has 3 heterocycles. The number of hydrazine groups is 2. The second kappa shape index (κ2) is 9.97. The summed E-state index contributed by atoms with van der Waals surface area (Å²) in [6.07, 6.45) is 6.57. The lowest BCUT2D eigenvalue weighted by atomic mass is 9.74. The molecule has 0 spiro atoms. The number of carbonyl (C=O) groups is 1. The lowest BCUT2D eigenvalue weighted by Gasteiger charge is -2.36. The number of pyridine rings is 1. The van der Waals surface area contributed by atoms with E-state index >= 15 is 0 Å². The molecule has 3 N–H and O–H groups in total. The van der Waals surface area contributed by atoms with Gasteiger partial charge in [0.2, 0.25) is 5.91 Å². The molecule has 33 heavy (non-hydrogen) atoms. The molecule has 176 valence electrons. The summed E-state index contributed by atoms with van der Waals surface area (Å²) in [4.78, 5) is 17.5. The Morgan fingerprint density at radius 2 is 2.09 bits per heavy atom. The van der Waals surface area contributed by atoms with Gasteiger partial charge in [-0.05, 0) is 74.8 Å². The van der Waals surface area contributed by atoms with E-state index in [4.69, 9.17) is 16.3 Å². The average Bonchev–Trinajstić information content (AvgIpc) is 3.24. The van der Waals surface area contributed by atoms with Crippen molar-refractivity contribution in [2.24, 2.45) is 11.8 Å². The first-order valence-electron chi connectivity index (χ1n) is 12.0. The minimum Gasteiger partial charge on any atom is -0.487 e. The third kappa shape index (κ3) is 5.17. The number of hydrogen-bond acceptors (Lipinski definition) is 6. The van der Waals surface area contributed by atoms with E-state index in [1.54, 1.807) is 0 Å². The van der Waals surface area contributed by atoms with Crippen molar-refractivity contribution in [2.45, 2.75) is 57.2 Å². The van der Waals surface area contributed by atoms with E-state index in [9.17, 15) is 4.79 Å². The molecular formula is C25H32ClN5O2. The molecule has 1 aliphatic carbocycles. The molecule has 3 fully saturated rings. The monoisotopic (exact) mass is 469 g/mol. The van der Waals surface area contributed by atoms with Crippen LogP contribution in [0.5, 0.6) is 5.75 Å². The largest absolute Gasteiger partial charge is 0.487 e. The molecule has 1 aromatic carbocycles. The third-order valence-corrected chi connectivity index (χ3v) is 7.49. The lowest BCUT2D eigenvalue weighted by Crippen LogP contribution is -2.53. The van der Waals surface area contributed by atoms with Gasteiger partial charge in [0.05, 0.1) is 17.6 Å². The number of halogens is 1. The van der Waals surface area contributed by atoms with Gasteiger partial charge in [0, 0.05) is 30.4 Å². The van der Waals surface area contributed by atoms with Crippen LogP contribution in [0.3, 0.4) is 0 Å². The van der Waals surface area contributed by atoms with Crippen molar-refractivity contribution in [1.29, 1.82) is 0 Å². The summed E-state index contributed by atoms with van der Waals surface area (Å²) in [6, 6.07) is 12.4. The van der Waals surface area contributed by atoms with Crippen molar-refractivity contribution >= 4 is 17.5 Å². The minimum absolute atomic E-state index is 0.0113. The van der Waals surface area contributed by atoms with E-state index in [1.807, 2.05) is 42.4 Å². The summed E-state index contributed by atoms with van der Waals surface area (Å²) < 4.78 is 6.13. The normalized spacial score (nSPS) is 29.9. The van der Waals surface area contributed by atoms with Crippen LogP contribution in [0.2, 0.25) is 5.02 Å². The van der Waals surface area contributed by atoms with Gasteiger partial charge in [0.1, 0.15) is 11.9 Å². The van der Waals surface area contributed by atoms with Crippen molar-refractivity contribution in [3.63, 3.8) is 0 Å². The number of para-hydroxylation sites is 1. The number of benzene rings is 1. The van der Waals surface area contributed by atoms with Crippen LogP contribution >= 0.6 is 11.6 Å². The summed E-state index contributed by atoms with van der Waals surface area (Å²) in [7, 11) is 0. The zero-order valence-corrected chi connectivity index (χ0v) is 19.7. The number of nitrogens with one attached hydrogen (secondary N) is 3. The predicted octanol–water partition coefficient (Wildman–Crippen LogP) is 3.55. The minimum atomic E-state index is 0.0113. The maximum absolute atomic E-state index is 13.2. The van der Waals surface area contributed by atoms with E-state index in [1.165, 1.54) is 5.56 Å². The van der Waals surface area contributed by atoms with Gasteiger partial charge in [0.25, 0.3) is 0 Å². The first-order chi connectivity index (χ1) is 16.1. The predicted molar refractivity (Wildman–Crippen MR) is 127 cm³/mol. The standard InChI is InChI=1S/C25H32ClN5O2/c1-16-13-17(10-11-27-16)24-20-14-18(8-9-22(20)28-29-24)25(32)30-31-12-4-5-19(15-31)33-23-7-3-2-6-21(23)26/h2-3,6-7,10-11,13,18-20,22,24,28-29H,4-5,8-9,12,14-15H2,1H3,(H,30,32). The average molecular weight is 470 g/mol. The number of nitrogens with zero attached hydrogens (tertiary/aromatic N) is 2. The number of amides is 1. The second-order valence-electron chi connectivity index (χ2n) is 9.51. The number of rotatable bonds is 5. The van der Waals surface area contributed by atoms with Crippen LogP contribution in [-0.4, -0.2) is 41.1 Å². The Kier molecular flexibility index (Phi) is 6.83. The number of aryl methyl sites for hydroxylation is 1. The summed E-state index contributed by atoms with van der Waals surface area (Å²) in [6.45, 7) is 3.52. The van der Waals surface area contributed by atoms with Gasteiger partial charge in [0.15, 0.2) is 0 Å². The number of carbonyl (C=O) groups excluding carboxylic acids is 1. The zero-order chi connectivity index (χ0) is 22.8. The molecular weight excluding hydrogens is 438 g/mol. The van der Waals surface area contributed by atoms with E-state index in [-0.39, 0.29) is 24.0 Å². The number of hydrogen-bond donors (Lipinski definition) is 3. The molecule has 1 saturated carbocycles. The number of piperidine rings is 1. The third-order valence-electron chi connectivity index (χ3n) is 7.18. The number of ether oxygens (including phenoxy) is 1. The van der Waals surface area contributed by atoms with Crippen LogP contribution in [0.4, 0.5) is 0 Å². The van der Waals surface area contributed by atoms with Crippen LogP contribution in [0, 0.1) is 18.8 Å². The lowest BCUT2D eigenvalue weighted by molar-refractivity contribution is -0.132. The SMILES string of the molecule is Cc1cc(C2NNC3CCC(C(=O)NN4CCCC(Oc5ccccc5Cl)C4)CC32)ccn1. The molecule has 0 radical (unpaired) electrons. The molecule has 7 nitrogen and oxygen atoms in total. The van der Waals surface area contributed by atoms with Crippen LogP contribution in [0.1, 0.15) is 49.4 Å². The Labute approximate surface area is 200 Å². The second-order valence-corrected chi connectivity index (χ2v) is 9.92. The molecule has 2 saturated heterocycles. The summed E-state index contributed by atoms with van der Waals surface area (Å²) >= 11 is 6.25. The van der Waals surface area contributed by atoms with Crippen molar-refractivity contribution in [3.05, 3.63) is 58.9 Å². The Hall–Kier alpha value is -2.19. The molecule has 0 bridgehead atoms. The fourth-order valence-electron chi connectivity index (χ4n) is 5.49. The van der Waals surface area contributed by atoms with E-state index < -0.39 is 0 Å². The molecule has 5 unspecified atom stereocenters. The maximum atomic E-state index is 13.2. The quantitative estimate of drug-likeness (QED) is 0.621. The van der Waals surface area contributed by atoms with Crippen molar-refractivity contribution < 1.29 is 9.53 Å².